The Morgan fingerprint density at radius 1 is 1.44 bits per heavy atom. The number of nitrogens with two attached hydrogens (primary N) is 1. The molecule has 0 fully saturated rings. The van der Waals surface area contributed by atoms with Crippen LogP contribution in [0.5, 0.6) is 0 Å². The zero-order valence-electron chi connectivity index (χ0n) is 13.6. The molecule has 0 radical (unpaired) electrons. The van der Waals surface area contributed by atoms with Gasteiger partial charge in [0.2, 0.25) is 5.88 Å². The average Bonchev–Trinajstić information content (AvgIpc) is 2.54. The number of ether oxygens (including phenoxy) is 2. The molecular weight excluding hydrogens is 349 g/mol. The number of rotatable bonds is 3. The Morgan fingerprint density at radius 3 is 2.88 bits per heavy atom. The maximum absolute atomic E-state index is 14.6. The van der Waals surface area contributed by atoms with Gasteiger partial charge in [0.05, 0.1) is 12.5 Å². The number of hydrogen-bond donors (Lipinski definition) is 1. The summed E-state index contributed by atoms with van der Waals surface area (Å²) < 4.78 is 25.2. The van der Waals surface area contributed by atoms with Crippen LogP contribution in [-0.2, 0) is 19.1 Å². The Bertz CT molecular complexity index is 795. The summed E-state index contributed by atoms with van der Waals surface area (Å²) in [7, 11) is 0. The number of Topliss-reactive ketones (excluding diaryl/α,β-unsaturated/α-hetero) is 1. The lowest BCUT2D eigenvalue weighted by molar-refractivity contribution is -0.139. The zero-order valence-corrected chi connectivity index (χ0v) is 14.4. The third kappa shape index (κ3) is 3.02. The molecule has 2 aliphatic rings. The lowest BCUT2D eigenvalue weighted by atomic mass is 9.77. The first-order valence-electron chi connectivity index (χ1n) is 8.00. The number of allylic oxidation sites excluding steroid dienone is 2. The highest BCUT2D eigenvalue weighted by Gasteiger charge is 2.43. The molecule has 7 heteroatoms. The first-order valence-corrected chi connectivity index (χ1v) is 8.38. The highest BCUT2D eigenvalue weighted by Crippen LogP contribution is 2.46. The van der Waals surface area contributed by atoms with Crippen LogP contribution in [0.25, 0.3) is 0 Å². The Kier molecular flexibility index (Phi) is 4.81. The summed E-state index contributed by atoms with van der Waals surface area (Å²) in [5.74, 6) is -2.44. The molecule has 0 spiro atoms. The quantitative estimate of drug-likeness (QED) is 0.831. The highest BCUT2D eigenvalue weighted by molar-refractivity contribution is 6.31. The molecule has 0 bridgehead atoms. The third-order valence-electron chi connectivity index (χ3n) is 4.27. The van der Waals surface area contributed by atoms with E-state index in [-0.39, 0.29) is 40.0 Å². The minimum absolute atomic E-state index is 0.0289. The van der Waals surface area contributed by atoms with Gasteiger partial charge >= 0.3 is 5.97 Å². The van der Waals surface area contributed by atoms with E-state index in [0.29, 0.717) is 25.0 Å². The second-order valence-electron chi connectivity index (χ2n) is 5.78. The van der Waals surface area contributed by atoms with Gasteiger partial charge in [0.1, 0.15) is 17.1 Å². The second-order valence-corrected chi connectivity index (χ2v) is 6.19. The summed E-state index contributed by atoms with van der Waals surface area (Å²) in [5, 5.41) is 0.103. The van der Waals surface area contributed by atoms with Gasteiger partial charge in [0.25, 0.3) is 0 Å². The first-order chi connectivity index (χ1) is 12.0. The third-order valence-corrected chi connectivity index (χ3v) is 4.60. The zero-order chi connectivity index (χ0) is 18.1. The molecule has 1 aliphatic heterocycles. The van der Waals surface area contributed by atoms with Crippen LogP contribution in [0.1, 0.15) is 37.7 Å². The van der Waals surface area contributed by atoms with Crippen molar-refractivity contribution in [2.45, 2.75) is 32.1 Å². The van der Waals surface area contributed by atoms with Gasteiger partial charge in [0.15, 0.2) is 5.78 Å². The largest absolute Gasteiger partial charge is 0.462 e. The Morgan fingerprint density at radius 2 is 2.20 bits per heavy atom. The van der Waals surface area contributed by atoms with E-state index >= 15 is 0 Å². The number of esters is 1. The Hall–Kier alpha value is -2.34. The van der Waals surface area contributed by atoms with Crippen LogP contribution in [0.2, 0.25) is 5.02 Å². The van der Waals surface area contributed by atoms with E-state index in [0.717, 1.165) is 0 Å². The predicted octanol–water partition coefficient (Wildman–Crippen LogP) is 3.33. The molecule has 1 heterocycles. The fourth-order valence-electron chi connectivity index (χ4n) is 3.24. The number of hydrogen-bond acceptors (Lipinski definition) is 5. The number of carbonyl (C=O) groups excluding carboxylic acids is 2. The van der Waals surface area contributed by atoms with Crippen LogP contribution < -0.4 is 5.73 Å². The summed E-state index contributed by atoms with van der Waals surface area (Å²) in [4.78, 5) is 25.0. The number of benzene rings is 1. The van der Waals surface area contributed by atoms with Crippen LogP contribution >= 0.6 is 11.6 Å². The second kappa shape index (κ2) is 6.88. The Labute approximate surface area is 149 Å². The highest BCUT2D eigenvalue weighted by atomic mass is 35.5. The van der Waals surface area contributed by atoms with Gasteiger partial charge in [-0.2, -0.15) is 0 Å². The van der Waals surface area contributed by atoms with E-state index in [9.17, 15) is 14.0 Å². The van der Waals surface area contributed by atoms with Crippen LogP contribution in [0.4, 0.5) is 4.39 Å². The molecule has 0 aromatic heterocycles. The summed E-state index contributed by atoms with van der Waals surface area (Å²) in [6, 6.07) is 4.18. The van der Waals surface area contributed by atoms with E-state index in [1.165, 1.54) is 18.2 Å². The topological polar surface area (TPSA) is 78.6 Å². The van der Waals surface area contributed by atoms with Gasteiger partial charge < -0.3 is 15.2 Å². The molecule has 5 nitrogen and oxygen atoms in total. The van der Waals surface area contributed by atoms with Gasteiger partial charge in [-0.15, -0.1) is 0 Å². The van der Waals surface area contributed by atoms with Gasteiger partial charge in [0, 0.05) is 29.0 Å². The smallest absolute Gasteiger partial charge is 0.340 e. The molecule has 2 N–H and O–H groups in total. The lowest BCUT2D eigenvalue weighted by Gasteiger charge is -2.32. The molecule has 25 heavy (non-hydrogen) atoms. The van der Waals surface area contributed by atoms with E-state index in [1.54, 1.807) is 6.92 Å². The van der Waals surface area contributed by atoms with Gasteiger partial charge in [-0.05, 0) is 25.5 Å². The molecule has 132 valence electrons. The van der Waals surface area contributed by atoms with Crippen molar-refractivity contribution in [2.24, 2.45) is 5.73 Å². The SMILES string of the molecule is CCOC(=O)C1=C(N)OC2=C(C(=O)CCC2)C1c1c(F)cccc1Cl. The standard InChI is InChI=1S/C18H17ClFNO4/c1-2-24-18(23)16-15(13-9(19)5-3-6-10(13)20)14-11(22)7-4-8-12(14)25-17(16)21/h3,5-6,15H,2,4,7-8,21H2,1H3. The number of carbonyl (C=O) groups is 2. The minimum atomic E-state index is -1.04. The van der Waals surface area contributed by atoms with Crippen molar-refractivity contribution >= 4 is 23.4 Å². The molecule has 0 saturated carbocycles. The maximum atomic E-state index is 14.6. The molecule has 3 rings (SSSR count). The van der Waals surface area contributed by atoms with E-state index in [4.69, 9.17) is 26.8 Å². The molecule has 1 atom stereocenters. The van der Waals surface area contributed by atoms with E-state index in [2.05, 4.69) is 0 Å². The average molecular weight is 366 g/mol. The van der Waals surface area contributed by atoms with Crippen molar-refractivity contribution in [1.82, 2.24) is 0 Å². The monoisotopic (exact) mass is 365 g/mol. The lowest BCUT2D eigenvalue weighted by Crippen LogP contribution is -2.32. The number of halogens is 2. The van der Waals surface area contributed by atoms with Gasteiger partial charge in [-0.1, -0.05) is 17.7 Å². The van der Waals surface area contributed by atoms with Crippen LogP contribution in [0.15, 0.2) is 41.0 Å². The molecule has 1 aromatic rings. The van der Waals surface area contributed by atoms with Crippen molar-refractivity contribution in [1.29, 1.82) is 0 Å². The van der Waals surface area contributed by atoms with E-state index < -0.39 is 17.7 Å². The van der Waals surface area contributed by atoms with Crippen molar-refractivity contribution in [2.75, 3.05) is 6.61 Å². The van der Waals surface area contributed by atoms with Crippen LogP contribution in [-0.4, -0.2) is 18.4 Å². The van der Waals surface area contributed by atoms with Crippen molar-refractivity contribution < 1.29 is 23.5 Å². The first kappa shape index (κ1) is 17.5. The molecule has 0 amide bonds. The molecular formula is C18H17ClFNO4. The molecule has 1 aromatic carbocycles. The minimum Gasteiger partial charge on any atom is -0.462 e. The molecule has 0 saturated heterocycles. The van der Waals surface area contributed by atoms with Gasteiger partial charge in [-0.25, -0.2) is 9.18 Å². The van der Waals surface area contributed by atoms with Crippen molar-refractivity contribution in [3.05, 3.63) is 57.4 Å². The maximum Gasteiger partial charge on any atom is 0.340 e. The van der Waals surface area contributed by atoms with Crippen LogP contribution in [0, 0.1) is 5.82 Å². The summed E-state index contributed by atoms with van der Waals surface area (Å²) >= 11 is 6.21. The normalized spacial score (nSPS) is 20.3. The fraction of sp³-hybridized carbons (Fsp3) is 0.333. The molecule has 1 aliphatic carbocycles. The molecule has 1 unspecified atom stereocenters. The summed E-state index contributed by atoms with van der Waals surface area (Å²) in [6.45, 7) is 1.74. The van der Waals surface area contributed by atoms with Crippen LogP contribution in [0.3, 0.4) is 0 Å². The summed E-state index contributed by atoms with van der Waals surface area (Å²) in [5.41, 5.74) is 6.10. The predicted molar refractivity (Wildman–Crippen MR) is 89.0 cm³/mol. The van der Waals surface area contributed by atoms with E-state index in [1.807, 2.05) is 0 Å². The Balaban J connectivity index is 2.25. The van der Waals surface area contributed by atoms with Crippen molar-refractivity contribution in [3.8, 4) is 0 Å². The fourth-order valence-corrected chi connectivity index (χ4v) is 3.51. The summed E-state index contributed by atoms with van der Waals surface area (Å²) in [6.07, 6.45) is 1.39. The van der Waals surface area contributed by atoms with Crippen molar-refractivity contribution in [3.63, 3.8) is 0 Å². The number of ketones is 1. The van der Waals surface area contributed by atoms with Gasteiger partial charge in [-0.3, -0.25) is 4.79 Å².